The minimum Gasteiger partial charge on any atom is -0.341 e. The maximum absolute atomic E-state index is 13.2. The van der Waals surface area contributed by atoms with Gasteiger partial charge < -0.3 is 9.47 Å². The molecule has 0 atom stereocenters. The monoisotopic (exact) mass is 492 g/mol. The van der Waals surface area contributed by atoms with Crippen molar-refractivity contribution in [2.75, 3.05) is 17.8 Å². The van der Waals surface area contributed by atoms with Crippen molar-refractivity contribution in [2.24, 2.45) is 0 Å². The van der Waals surface area contributed by atoms with E-state index in [0.717, 1.165) is 38.0 Å². The number of hydrogen-bond donors (Lipinski definition) is 1. The second-order valence-corrected chi connectivity index (χ2v) is 10.9. The number of anilines is 1. The molecule has 1 N–H and O–H groups in total. The van der Waals surface area contributed by atoms with Crippen molar-refractivity contribution in [1.82, 2.24) is 14.5 Å². The summed E-state index contributed by atoms with van der Waals surface area (Å²) in [6.45, 7) is 5.19. The molecule has 1 fully saturated rings. The molecule has 0 bridgehead atoms. The first-order valence-electron chi connectivity index (χ1n) is 10.4. The van der Waals surface area contributed by atoms with E-state index < -0.39 is 10.0 Å². The van der Waals surface area contributed by atoms with E-state index in [2.05, 4.69) is 9.71 Å². The molecule has 170 valence electrons. The van der Waals surface area contributed by atoms with Gasteiger partial charge in [0, 0.05) is 35.4 Å². The van der Waals surface area contributed by atoms with Gasteiger partial charge in [-0.1, -0.05) is 17.7 Å². The maximum atomic E-state index is 13.2. The summed E-state index contributed by atoms with van der Waals surface area (Å²) in [5.74, 6) is -0.0163. The Hall–Kier alpha value is -2.36. The Morgan fingerprint density at radius 2 is 1.97 bits per heavy atom. The Balaban J connectivity index is 1.68. The van der Waals surface area contributed by atoms with Crippen LogP contribution in [0, 0.1) is 13.8 Å². The first kappa shape index (κ1) is 22.8. The smallest absolute Gasteiger partial charge is 0.263 e. The molecule has 4 rings (SSSR count). The standard InChI is InChI=1S/C22H25ClN4O3S2/c1-15-14-31-22(24-15)20-11-17(12-27(20)13-21(28)26-9-4-3-5-10-26)32(29,30)25-19-8-6-7-18(23)16(19)2/h6-8,11-12,14,25H,3-5,9-10,13H2,1-2H3. The van der Waals surface area contributed by atoms with E-state index in [-0.39, 0.29) is 17.3 Å². The topological polar surface area (TPSA) is 84.3 Å². The van der Waals surface area contributed by atoms with E-state index in [9.17, 15) is 13.2 Å². The van der Waals surface area contributed by atoms with Gasteiger partial charge in [0.25, 0.3) is 10.0 Å². The normalized spacial score (nSPS) is 14.5. The fourth-order valence-electron chi connectivity index (χ4n) is 3.72. The number of halogens is 1. The number of benzene rings is 1. The highest BCUT2D eigenvalue weighted by Crippen LogP contribution is 2.30. The van der Waals surface area contributed by atoms with E-state index in [1.165, 1.54) is 17.5 Å². The summed E-state index contributed by atoms with van der Waals surface area (Å²) in [6, 6.07) is 6.64. The molecule has 1 amide bonds. The SMILES string of the molecule is Cc1csc(-c2cc(S(=O)(=O)Nc3cccc(Cl)c3C)cn2CC(=O)N2CCCCC2)n1. The third-order valence-corrected chi connectivity index (χ3v) is 8.27. The summed E-state index contributed by atoms with van der Waals surface area (Å²) < 4.78 is 30.7. The van der Waals surface area contributed by atoms with Gasteiger partial charge in [-0.2, -0.15) is 0 Å². The fraction of sp³-hybridized carbons (Fsp3) is 0.364. The number of aryl methyl sites for hydroxylation is 1. The van der Waals surface area contributed by atoms with Crippen LogP contribution in [-0.4, -0.2) is 41.9 Å². The van der Waals surface area contributed by atoms with Gasteiger partial charge in [-0.05, 0) is 56.9 Å². The highest BCUT2D eigenvalue weighted by molar-refractivity contribution is 7.92. The summed E-state index contributed by atoms with van der Waals surface area (Å²) in [5.41, 5.74) is 2.52. The van der Waals surface area contributed by atoms with Gasteiger partial charge in [-0.3, -0.25) is 9.52 Å². The zero-order valence-electron chi connectivity index (χ0n) is 18.0. The van der Waals surface area contributed by atoms with Crippen molar-refractivity contribution in [1.29, 1.82) is 0 Å². The summed E-state index contributed by atoms with van der Waals surface area (Å²) >= 11 is 7.57. The van der Waals surface area contributed by atoms with Crippen LogP contribution in [0.25, 0.3) is 10.7 Å². The molecule has 0 radical (unpaired) electrons. The zero-order chi connectivity index (χ0) is 22.9. The first-order chi connectivity index (χ1) is 15.2. The second-order valence-electron chi connectivity index (χ2n) is 7.94. The lowest BCUT2D eigenvalue weighted by molar-refractivity contribution is -0.132. The molecule has 0 spiro atoms. The molecule has 3 heterocycles. The molecule has 32 heavy (non-hydrogen) atoms. The number of aromatic nitrogens is 2. The molecule has 0 saturated carbocycles. The predicted octanol–water partition coefficient (Wildman–Crippen LogP) is 4.70. The van der Waals surface area contributed by atoms with E-state index >= 15 is 0 Å². The highest BCUT2D eigenvalue weighted by atomic mass is 35.5. The molecule has 1 saturated heterocycles. The van der Waals surface area contributed by atoms with Gasteiger partial charge in [0.2, 0.25) is 5.91 Å². The Morgan fingerprint density at radius 1 is 1.22 bits per heavy atom. The predicted molar refractivity (Wildman–Crippen MR) is 128 cm³/mol. The van der Waals surface area contributed by atoms with Gasteiger partial charge in [0.15, 0.2) is 0 Å². The minimum absolute atomic E-state index is 0.0163. The first-order valence-corrected chi connectivity index (χ1v) is 13.2. The van der Waals surface area contributed by atoms with E-state index in [4.69, 9.17) is 11.6 Å². The molecule has 3 aromatic rings. The number of nitrogens with zero attached hydrogens (tertiary/aromatic N) is 3. The highest BCUT2D eigenvalue weighted by Gasteiger charge is 2.24. The van der Waals surface area contributed by atoms with Crippen molar-refractivity contribution >= 4 is 44.6 Å². The molecule has 2 aromatic heterocycles. The van der Waals surface area contributed by atoms with Crippen LogP contribution in [0.5, 0.6) is 0 Å². The van der Waals surface area contributed by atoms with Crippen LogP contribution < -0.4 is 4.72 Å². The molecule has 1 aliphatic heterocycles. The molecular formula is C22H25ClN4O3S2. The van der Waals surface area contributed by atoms with E-state index in [1.54, 1.807) is 35.8 Å². The minimum atomic E-state index is -3.89. The van der Waals surface area contributed by atoms with Crippen molar-refractivity contribution in [3.05, 3.63) is 52.1 Å². The van der Waals surface area contributed by atoms with Crippen LogP contribution in [0.15, 0.2) is 40.7 Å². The second kappa shape index (κ2) is 9.25. The van der Waals surface area contributed by atoms with Crippen molar-refractivity contribution < 1.29 is 13.2 Å². The lowest BCUT2D eigenvalue weighted by Gasteiger charge is -2.27. The molecule has 0 aliphatic carbocycles. The van der Waals surface area contributed by atoms with Gasteiger partial charge in [0.05, 0.1) is 11.4 Å². The van der Waals surface area contributed by atoms with Crippen LogP contribution >= 0.6 is 22.9 Å². The Labute approximate surface area is 197 Å². The van der Waals surface area contributed by atoms with Crippen molar-refractivity contribution in [3.63, 3.8) is 0 Å². The van der Waals surface area contributed by atoms with Gasteiger partial charge in [-0.25, -0.2) is 13.4 Å². The molecule has 1 aromatic carbocycles. The summed E-state index contributed by atoms with van der Waals surface area (Å²) in [5, 5.41) is 3.06. The molecule has 1 aliphatic rings. The van der Waals surface area contributed by atoms with Crippen LogP contribution in [0.3, 0.4) is 0 Å². The quantitative estimate of drug-likeness (QED) is 0.540. The number of rotatable bonds is 6. The van der Waals surface area contributed by atoms with Crippen LogP contribution in [0.2, 0.25) is 5.02 Å². The molecule has 10 heteroatoms. The molecular weight excluding hydrogens is 468 g/mol. The third-order valence-electron chi connectivity index (χ3n) is 5.55. The van der Waals surface area contributed by atoms with Crippen molar-refractivity contribution in [3.8, 4) is 10.7 Å². The number of likely N-dealkylation sites (tertiary alicyclic amines) is 1. The average molecular weight is 493 g/mol. The largest absolute Gasteiger partial charge is 0.341 e. The van der Waals surface area contributed by atoms with Gasteiger partial charge in [0.1, 0.15) is 16.4 Å². The number of thiazole rings is 1. The summed E-state index contributed by atoms with van der Waals surface area (Å²) in [6.07, 6.45) is 4.64. The Bertz CT molecular complexity index is 1240. The average Bonchev–Trinajstić information content (AvgIpc) is 3.38. The number of sulfonamides is 1. The van der Waals surface area contributed by atoms with Crippen LogP contribution in [0.1, 0.15) is 30.5 Å². The zero-order valence-corrected chi connectivity index (χ0v) is 20.4. The van der Waals surface area contributed by atoms with Gasteiger partial charge in [-0.15, -0.1) is 11.3 Å². The lowest BCUT2D eigenvalue weighted by atomic mass is 10.1. The van der Waals surface area contributed by atoms with Crippen LogP contribution in [-0.2, 0) is 21.4 Å². The number of carbonyl (C=O) groups excluding carboxylic acids is 1. The lowest BCUT2D eigenvalue weighted by Crippen LogP contribution is -2.37. The number of nitrogens with one attached hydrogen (secondary N) is 1. The molecule has 7 nitrogen and oxygen atoms in total. The fourth-order valence-corrected chi connectivity index (χ4v) is 5.89. The Kier molecular flexibility index (Phi) is 6.60. The van der Waals surface area contributed by atoms with Crippen molar-refractivity contribution in [2.45, 2.75) is 44.6 Å². The summed E-state index contributed by atoms with van der Waals surface area (Å²) in [4.78, 5) is 19.3. The van der Waals surface area contributed by atoms with E-state index in [0.29, 0.717) is 27.0 Å². The third kappa shape index (κ3) is 4.84. The number of amides is 1. The number of hydrogen-bond acceptors (Lipinski definition) is 5. The maximum Gasteiger partial charge on any atom is 0.263 e. The van der Waals surface area contributed by atoms with E-state index in [1.807, 2.05) is 17.2 Å². The Morgan fingerprint density at radius 3 is 2.66 bits per heavy atom. The number of carbonyl (C=O) groups is 1. The van der Waals surface area contributed by atoms with Crippen LogP contribution in [0.4, 0.5) is 5.69 Å². The number of piperidine rings is 1. The summed E-state index contributed by atoms with van der Waals surface area (Å²) in [7, 11) is -3.89. The molecule has 0 unspecified atom stereocenters. The van der Waals surface area contributed by atoms with Gasteiger partial charge >= 0.3 is 0 Å².